The molecule has 6 nitrogen and oxygen atoms in total. The minimum absolute atomic E-state index is 0.0109. The molecule has 1 aromatic carbocycles. The number of rotatable bonds is 7. The molecule has 0 aliphatic heterocycles. The molecule has 0 aliphatic rings. The highest BCUT2D eigenvalue weighted by Gasteiger charge is 2.11. The molecule has 0 aliphatic carbocycles. The second-order valence-electron chi connectivity index (χ2n) is 3.66. The smallest absolute Gasteiger partial charge is 0.232 e. The largest absolute Gasteiger partial charge is 0.497 e. The van der Waals surface area contributed by atoms with Crippen molar-refractivity contribution in [2.75, 3.05) is 31.2 Å². The van der Waals surface area contributed by atoms with Crippen molar-refractivity contribution in [2.45, 2.75) is 6.42 Å². The molecule has 1 rings (SSSR count). The molecule has 7 heteroatoms. The van der Waals surface area contributed by atoms with Crippen LogP contribution in [-0.2, 0) is 10.0 Å². The number of hydrogen-bond donors (Lipinski definition) is 2. The van der Waals surface area contributed by atoms with Gasteiger partial charge < -0.3 is 15.2 Å². The van der Waals surface area contributed by atoms with Crippen LogP contribution in [0.2, 0.25) is 0 Å². The van der Waals surface area contributed by atoms with Crippen LogP contribution in [0.5, 0.6) is 11.5 Å². The van der Waals surface area contributed by atoms with Crippen LogP contribution in [0.3, 0.4) is 0 Å². The summed E-state index contributed by atoms with van der Waals surface area (Å²) in [6.07, 6.45) is 0.413. The fraction of sp³-hybridized carbons (Fsp3) is 0.455. The summed E-state index contributed by atoms with van der Waals surface area (Å²) in [6.45, 7) is 0.336. The summed E-state index contributed by atoms with van der Waals surface area (Å²) >= 11 is 0. The molecule has 1 aromatic rings. The summed E-state index contributed by atoms with van der Waals surface area (Å²) in [5.74, 6) is 1.03. The van der Waals surface area contributed by atoms with Crippen molar-refractivity contribution >= 4 is 15.7 Å². The number of nitrogens with one attached hydrogen (secondary N) is 1. The van der Waals surface area contributed by atoms with E-state index in [0.717, 1.165) is 0 Å². The van der Waals surface area contributed by atoms with E-state index < -0.39 is 10.0 Å². The van der Waals surface area contributed by atoms with Gasteiger partial charge in [-0.3, -0.25) is 4.72 Å². The van der Waals surface area contributed by atoms with Crippen molar-refractivity contribution in [1.82, 2.24) is 0 Å². The molecule has 102 valence electrons. The minimum Gasteiger partial charge on any atom is -0.497 e. The van der Waals surface area contributed by atoms with E-state index in [2.05, 4.69) is 4.72 Å². The normalized spacial score (nSPS) is 11.1. The lowest BCUT2D eigenvalue weighted by Gasteiger charge is -2.11. The average molecular weight is 274 g/mol. The number of nitrogens with two attached hydrogens (primary N) is 1. The molecular weight excluding hydrogens is 256 g/mol. The van der Waals surface area contributed by atoms with Crippen LogP contribution >= 0.6 is 0 Å². The van der Waals surface area contributed by atoms with E-state index in [-0.39, 0.29) is 5.75 Å². The van der Waals surface area contributed by atoms with E-state index in [4.69, 9.17) is 15.2 Å². The van der Waals surface area contributed by atoms with Crippen LogP contribution in [0.4, 0.5) is 5.69 Å². The Bertz CT molecular complexity index is 466. The first-order valence-corrected chi connectivity index (χ1v) is 7.09. The van der Waals surface area contributed by atoms with E-state index >= 15 is 0 Å². The fourth-order valence-electron chi connectivity index (χ4n) is 1.37. The lowest BCUT2D eigenvalue weighted by Crippen LogP contribution is -2.19. The molecule has 0 saturated heterocycles. The van der Waals surface area contributed by atoms with Gasteiger partial charge in [-0.1, -0.05) is 0 Å². The van der Waals surface area contributed by atoms with E-state index in [9.17, 15) is 8.42 Å². The molecule has 0 heterocycles. The first-order chi connectivity index (χ1) is 8.50. The number of hydrogen-bond acceptors (Lipinski definition) is 5. The zero-order chi connectivity index (χ0) is 13.6. The number of anilines is 1. The quantitative estimate of drug-likeness (QED) is 0.767. The molecule has 3 N–H and O–H groups in total. The van der Waals surface area contributed by atoms with Gasteiger partial charge in [-0.2, -0.15) is 0 Å². The SMILES string of the molecule is COc1cc(NS(=O)(=O)CCCN)cc(OC)c1. The number of ether oxygens (including phenoxy) is 2. The Labute approximate surface area is 107 Å². The molecule has 0 saturated carbocycles. The topological polar surface area (TPSA) is 90.7 Å². The van der Waals surface area contributed by atoms with Gasteiger partial charge in [0.05, 0.1) is 25.7 Å². The van der Waals surface area contributed by atoms with E-state index in [1.165, 1.54) is 14.2 Å². The molecule has 18 heavy (non-hydrogen) atoms. The van der Waals surface area contributed by atoms with Crippen molar-refractivity contribution in [3.05, 3.63) is 18.2 Å². The predicted molar refractivity (Wildman–Crippen MR) is 70.6 cm³/mol. The Morgan fingerprint density at radius 3 is 2.17 bits per heavy atom. The van der Waals surface area contributed by atoms with Crippen molar-refractivity contribution < 1.29 is 17.9 Å². The third-order valence-corrected chi connectivity index (χ3v) is 3.61. The van der Waals surface area contributed by atoms with Gasteiger partial charge in [-0.25, -0.2) is 8.42 Å². The summed E-state index contributed by atoms with van der Waals surface area (Å²) < 4.78 is 36.0. The van der Waals surface area contributed by atoms with Crippen molar-refractivity contribution in [1.29, 1.82) is 0 Å². The van der Waals surface area contributed by atoms with Gasteiger partial charge in [0.15, 0.2) is 0 Å². The van der Waals surface area contributed by atoms with Crippen molar-refractivity contribution in [3.8, 4) is 11.5 Å². The minimum atomic E-state index is -3.39. The van der Waals surface area contributed by atoms with Crippen LogP contribution < -0.4 is 19.9 Å². The monoisotopic (exact) mass is 274 g/mol. The Morgan fingerprint density at radius 1 is 1.17 bits per heavy atom. The van der Waals surface area contributed by atoms with Gasteiger partial charge in [-0.15, -0.1) is 0 Å². The van der Waals surface area contributed by atoms with E-state index in [1.807, 2.05) is 0 Å². The van der Waals surface area contributed by atoms with Crippen LogP contribution in [0, 0.1) is 0 Å². The first-order valence-electron chi connectivity index (χ1n) is 5.44. The number of benzene rings is 1. The maximum Gasteiger partial charge on any atom is 0.232 e. The second-order valence-corrected chi connectivity index (χ2v) is 5.51. The molecule has 0 fully saturated rings. The van der Waals surface area contributed by atoms with Gasteiger partial charge >= 0.3 is 0 Å². The highest BCUT2D eigenvalue weighted by atomic mass is 32.2. The maximum atomic E-state index is 11.7. The fourth-order valence-corrected chi connectivity index (χ4v) is 2.50. The Hall–Kier alpha value is -1.47. The summed E-state index contributed by atoms with van der Waals surface area (Å²) in [4.78, 5) is 0. The molecule has 0 spiro atoms. The van der Waals surface area contributed by atoms with Gasteiger partial charge in [0.2, 0.25) is 10.0 Å². The molecule has 0 bridgehead atoms. The van der Waals surface area contributed by atoms with Crippen LogP contribution in [0.1, 0.15) is 6.42 Å². The van der Waals surface area contributed by atoms with E-state index in [0.29, 0.717) is 30.2 Å². The lowest BCUT2D eigenvalue weighted by molar-refractivity contribution is 0.395. The first kappa shape index (κ1) is 14.6. The second kappa shape index (κ2) is 6.46. The summed E-state index contributed by atoms with van der Waals surface area (Å²) in [5, 5.41) is 0. The number of methoxy groups -OCH3 is 2. The summed E-state index contributed by atoms with van der Waals surface area (Å²) in [5.41, 5.74) is 5.69. The van der Waals surface area contributed by atoms with Crippen LogP contribution in [0.25, 0.3) is 0 Å². The van der Waals surface area contributed by atoms with Crippen molar-refractivity contribution in [3.63, 3.8) is 0 Å². The third-order valence-electron chi connectivity index (χ3n) is 2.24. The molecule has 0 atom stereocenters. The molecule has 0 radical (unpaired) electrons. The molecule has 0 aromatic heterocycles. The summed E-state index contributed by atoms with van der Waals surface area (Å²) in [6, 6.07) is 4.84. The predicted octanol–water partition coefficient (Wildman–Crippen LogP) is 0.794. The highest BCUT2D eigenvalue weighted by molar-refractivity contribution is 7.92. The zero-order valence-corrected chi connectivity index (χ0v) is 11.3. The highest BCUT2D eigenvalue weighted by Crippen LogP contribution is 2.26. The Kier molecular flexibility index (Phi) is 5.24. The number of sulfonamides is 1. The van der Waals surface area contributed by atoms with Gasteiger partial charge in [0.1, 0.15) is 11.5 Å². The van der Waals surface area contributed by atoms with Crippen molar-refractivity contribution in [2.24, 2.45) is 5.73 Å². The Morgan fingerprint density at radius 2 is 1.72 bits per heavy atom. The molecule has 0 unspecified atom stereocenters. The average Bonchev–Trinajstić information content (AvgIpc) is 2.35. The van der Waals surface area contributed by atoms with Gasteiger partial charge in [-0.05, 0) is 13.0 Å². The Balaban J connectivity index is 2.89. The van der Waals surface area contributed by atoms with Gasteiger partial charge in [0.25, 0.3) is 0 Å². The standard InChI is InChI=1S/C11H18N2O4S/c1-16-10-6-9(7-11(8-10)17-2)13-18(14,15)5-3-4-12/h6-8,13H,3-5,12H2,1-2H3. The zero-order valence-electron chi connectivity index (χ0n) is 10.5. The van der Waals surface area contributed by atoms with E-state index in [1.54, 1.807) is 18.2 Å². The van der Waals surface area contributed by atoms with Gasteiger partial charge in [0, 0.05) is 18.2 Å². The summed E-state index contributed by atoms with van der Waals surface area (Å²) in [7, 11) is -0.385. The molecule has 0 amide bonds. The molecular formula is C11H18N2O4S. The third kappa shape index (κ3) is 4.42. The van der Waals surface area contributed by atoms with Crippen LogP contribution in [0.15, 0.2) is 18.2 Å². The lowest BCUT2D eigenvalue weighted by atomic mass is 10.3. The van der Waals surface area contributed by atoms with Crippen LogP contribution in [-0.4, -0.2) is 34.9 Å². The maximum absolute atomic E-state index is 11.7.